The lowest BCUT2D eigenvalue weighted by molar-refractivity contribution is 0.0822. The number of ether oxygens (including phenoxy) is 1. The van der Waals surface area contributed by atoms with Crippen LogP contribution < -0.4 is 11.2 Å². The topological polar surface area (TPSA) is 76.7 Å². The van der Waals surface area contributed by atoms with Gasteiger partial charge in [-0.1, -0.05) is 13.8 Å². The minimum Gasteiger partial charge on any atom is -0.381 e. The van der Waals surface area contributed by atoms with E-state index >= 15 is 0 Å². The highest BCUT2D eigenvalue weighted by atomic mass is 16.5. The van der Waals surface area contributed by atoms with Crippen molar-refractivity contribution in [3.05, 3.63) is 0 Å². The Balaban J connectivity index is 2.56. The van der Waals surface area contributed by atoms with Crippen LogP contribution in [0.5, 0.6) is 0 Å². The van der Waals surface area contributed by atoms with E-state index < -0.39 is 6.03 Å². The summed E-state index contributed by atoms with van der Waals surface area (Å²) in [5.74, 6) is 1.06. The quantitative estimate of drug-likeness (QED) is 0.569. The van der Waals surface area contributed by atoms with E-state index in [0.717, 1.165) is 44.6 Å². The van der Waals surface area contributed by atoms with Crippen molar-refractivity contribution in [2.24, 2.45) is 22.7 Å². The van der Waals surface area contributed by atoms with Crippen LogP contribution in [0.25, 0.3) is 0 Å². The van der Waals surface area contributed by atoms with Crippen molar-refractivity contribution in [2.75, 3.05) is 13.2 Å². The van der Waals surface area contributed by atoms with Crippen LogP contribution in [0.4, 0.5) is 4.79 Å². The Morgan fingerprint density at radius 3 is 2.65 bits per heavy atom. The van der Waals surface area contributed by atoms with Gasteiger partial charge in [-0.15, -0.1) is 0 Å². The van der Waals surface area contributed by atoms with Crippen LogP contribution in [0, 0.1) is 11.8 Å². The number of rotatable bonds is 5. The van der Waals surface area contributed by atoms with Gasteiger partial charge < -0.3 is 10.5 Å². The molecule has 1 aliphatic rings. The Morgan fingerprint density at radius 1 is 1.47 bits per heavy atom. The third-order valence-corrected chi connectivity index (χ3v) is 2.98. The van der Waals surface area contributed by atoms with Crippen LogP contribution in [0.3, 0.4) is 0 Å². The number of nitrogens with zero attached hydrogens (tertiary/aromatic N) is 1. The first-order valence-corrected chi connectivity index (χ1v) is 6.29. The van der Waals surface area contributed by atoms with Crippen LogP contribution in [0.15, 0.2) is 5.10 Å². The van der Waals surface area contributed by atoms with Gasteiger partial charge in [-0.25, -0.2) is 10.2 Å². The standard InChI is InChI=1S/C12H23N3O2/c1-9(2)3-4-11(14-15-12(13)16)10-5-7-17-8-6-10/h9-10H,3-8H2,1-2H3,(H3,13,15,16)/b14-11-. The smallest absolute Gasteiger partial charge is 0.332 e. The van der Waals surface area contributed by atoms with Crippen molar-refractivity contribution in [3.8, 4) is 0 Å². The molecule has 0 unspecified atom stereocenters. The number of hydrazone groups is 1. The Morgan fingerprint density at radius 2 is 2.12 bits per heavy atom. The number of amides is 2. The normalized spacial score (nSPS) is 18.4. The number of hydrogen-bond acceptors (Lipinski definition) is 3. The number of nitrogens with two attached hydrogens (primary N) is 1. The molecule has 0 aromatic rings. The molecule has 5 nitrogen and oxygen atoms in total. The van der Waals surface area contributed by atoms with Crippen molar-refractivity contribution < 1.29 is 9.53 Å². The number of nitrogens with one attached hydrogen (secondary N) is 1. The minimum absolute atomic E-state index is 0.425. The molecule has 0 atom stereocenters. The molecule has 5 heteroatoms. The minimum atomic E-state index is -0.598. The molecule has 2 amide bonds. The van der Waals surface area contributed by atoms with E-state index in [1.807, 2.05) is 0 Å². The van der Waals surface area contributed by atoms with Crippen molar-refractivity contribution in [1.82, 2.24) is 5.43 Å². The highest BCUT2D eigenvalue weighted by molar-refractivity contribution is 5.88. The average Bonchev–Trinajstić information content (AvgIpc) is 2.29. The molecule has 1 rings (SSSR count). The summed E-state index contributed by atoms with van der Waals surface area (Å²) < 4.78 is 5.33. The third-order valence-electron chi connectivity index (χ3n) is 2.98. The molecule has 0 saturated carbocycles. The van der Waals surface area contributed by atoms with E-state index in [1.165, 1.54) is 0 Å². The first-order chi connectivity index (χ1) is 8.09. The fourth-order valence-corrected chi connectivity index (χ4v) is 1.95. The molecule has 0 bridgehead atoms. The summed E-state index contributed by atoms with van der Waals surface area (Å²) in [5, 5.41) is 4.16. The summed E-state index contributed by atoms with van der Waals surface area (Å²) in [6.07, 6.45) is 3.97. The van der Waals surface area contributed by atoms with Gasteiger partial charge in [-0.3, -0.25) is 0 Å². The predicted molar refractivity (Wildman–Crippen MR) is 67.8 cm³/mol. The molecule has 0 aliphatic carbocycles. The molecule has 1 heterocycles. The Bertz CT molecular complexity index is 271. The van der Waals surface area contributed by atoms with Gasteiger partial charge in [0.2, 0.25) is 0 Å². The van der Waals surface area contributed by atoms with E-state index in [1.54, 1.807) is 0 Å². The number of carbonyl (C=O) groups is 1. The maximum absolute atomic E-state index is 10.7. The van der Waals surface area contributed by atoms with E-state index in [-0.39, 0.29) is 0 Å². The highest BCUT2D eigenvalue weighted by Crippen LogP contribution is 2.20. The second-order valence-corrected chi connectivity index (χ2v) is 4.90. The van der Waals surface area contributed by atoms with Crippen molar-refractivity contribution in [3.63, 3.8) is 0 Å². The highest BCUT2D eigenvalue weighted by Gasteiger charge is 2.20. The molecule has 0 spiro atoms. The Hall–Kier alpha value is -1.10. The van der Waals surface area contributed by atoms with Crippen molar-refractivity contribution in [1.29, 1.82) is 0 Å². The zero-order valence-electron chi connectivity index (χ0n) is 10.7. The van der Waals surface area contributed by atoms with Crippen LogP contribution in [0.2, 0.25) is 0 Å². The molecule has 0 aromatic heterocycles. The third kappa shape index (κ3) is 5.68. The van der Waals surface area contributed by atoms with Gasteiger partial charge in [0.25, 0.3) is 0 Å². The van der Waals surface area contributed by atoms with Gasteiger partial charge in [0.15, 0.2) is 0 Å². The average molecular weight is 241 g/mol. The van der Waals surface area contributed by atoms with Gasteiger partial charge >= 0.3 is 6.03 Å². The summed E-state index contributed by atoms with van der Waals surface area (Å²) in [4.78, 5) is 10.7. The molecular weight excluding hydrogens is 218 g/mol. The fourth-order valence-electron chi connectivity index (χ4n) is 1.95. The fraction of sp³-hybridized carbons (Fsp3) is 0.833. The maximum atomic E-state index is 10.7. The molecule has 1 aliphatic heterocycles. The molecular formula is C12H23N3O2. The number of urea groups is 1. The van der Waals surface area contributed by atoms with Crippen molar-refractivity contribution >= 4 is 11.7 Å². The van der Waals surface area contributed by atoms with Crippen LogP contribution in [-0.2, 0) is 4.74 Å². The number of hydrogen-bond donors (Lipinski definition) is 2. The summed E-state index contributed by atoms with van der Waals surface area (Å²) >= 11 is 0. The van der Waals surface area contributed by atoms with Gasteiger partial charge in [0.1, 0.15) is 0 Å². The molecule has 0 aromatic carbocycles. The molecule has 17 heavy (non-hydrogen) atoms. The van der Waals surface area contributed by atoms with Crippen LogP contribution in [-0.4, -0.2) is 25.0 Å². The molecule has 98 valence electrons. The van der Waals surface area contributed by atoms with Gasteiger partial charge in [0.05, 0.1) is 0 Å². The van der Waals surface area contributed by atoms with Gasteiger partial charge in [0, 0.05) is 24.8 Å². The summed E-state index contributed by atoms with van der Waals surface area (Å²) in [5.41, 5.74) is 8.45. The first-order valence-electron chi connectivity index (χ1n) is 6.29. The van der Waals surface area contributed by atoms with Crippen LogP contribution in [0.1, 0.15) is 39.5 Å². The molecule has 1 saturated heterocycles. The van der Waals surface area contributed by atoms with E-state index in [0.29, 0.717) is 11.8 Å². The molecule has 0 radical (unpaired) electrons. The van der Waals surface area contributed by atoms with E-state index in [2.05, 4.69) is 24.4 Å². The second-order valence-electron chi connectivity index (χ2n) is 4.90. The summed E-state index contributed by atoms with van der Waals surface area (Å²) in [6, 6.07) is -0.598. The van der Waals surface area contributed by atoms with Crippen LogP contribution >= 0.6 is 0 Å². The lowest BCUT2D eigenvalue weighted by atomic mass is 9.90. The molecule has 3 N–H and O–H groups in total. The Kier molecular flexibility index (Phi) is 5.97. The van der Waals surface area contributed by atoms with E-state index in [4.69, 9.17) is 10.5 Å². The maximum Gasteiger partial charge on any atom is 0.332 e. The van der Waals surface area contributed by atoms with Crippen molar-refractivity contribution in [2.45, 2.75) is 39.5 Å². The lowest BCUT2D eigenvalue weighted by Gasteiger charge is -2.24. The van der Waals surface area contributed by atoms with Gasteiger partial charge in [-0.05, 0) is 31.6 Å². The lowest BCUT2D eigenvalue weighted by Crippen LogP contribution is -2.30. The van der Waals surface area contributed by atoms with E-state index in [9.17, 15) is 4.79 Å². The zero-order valence-corrected chi connectivity index (χ0v) is 10.7. The zero-order chi connectivity index (χ0) is 12.7. The van der Waals surface area contributed by atoms with Gasteiger partial charge in [-0.2, -0.15) is 5.10 Å². The summed E-state index contributed by atoms with van der Waals surface area (Å²) in [6.45, 7) is 5.93. The Labute approximate surface area is 103 Å². The summed E-state index contributed by atoms with van der Waals surface area (Å²) in [7, 11) is 0. The second kappa shape index (κ2) is 7.27. The number of carbonyl (C=O) groups excluding carboxylic acids is 1. The molecule has 1 fully saturated rings. The predicted octanol–water partition coefficient (Wildman–Crippen LogP) is 1.87. The number of primary amides is 1. The largest absolute Gasteiger partial charge is 0.381 e. The first kappa shape index (κ1) is 14.0. The monoisotopic (exact) mass is 241 g/mol. The SMILES string of the molecule is CC(C)CC/C(=N/NC(N)=O)C1CCOCC1.